The quantitative estimate of drug-likeness (QED) is 0.847. The van der Waals surface area contributed by atoms with E-state index in [-0.39, 0.29) is 10.7 Å². The van der Waals surface area contributed by atoms with Crippen LogP contribution in [0.3, 0.4) is 0 Å². The summed E-state index contributed by atoms with van der Waals surface area (Å²) in [5, 5.41) is 0.440. The molecule has 0 saturated carbocycles. The second-order valence-corrected chi connectivity index (χ2v) is 7.37. The topological polar surface area (TPSA) is 68.7 Å². The third-order valence-electron chi connectivity index (χ3n) is 3.41. The van der Waals surface area contributed by atoms with Gasteiger partial charge < -0.3 is 9.47 Å². The Morgan fingerprint density at radius 1 is 1.13 bits per heavy atom. The van der Waals surface area contributed by atoms with Crippen LogP contribution in [0.4, 0.5) is 5.82 Å². The zero-order chi connectivity index (χ0) is 16.4. The molecule has 1 aromatic heterocycles. The lowest BCUT2D eigenvalue weighted by Gasteiger charge is -2.19. The van der Waals surface area contributed by atoms with Crippen LogP contribution in [0.15, 0.2) is 41.4 Å². The van der Waals surface area contributed by atoms with Crippen LogP contribution in [0.1, 0.15) is 6.42 Å². The Kier molecular flexibility index (Phi) is 4.32. The molecule has 0 unspecified atom stereocenters. The standard InChI is InChI=1S/C15H15ClN2O4S/c1-18(15-6-3-11(16)10-17-15)23(19,20)12-4-5-13-14(9-12)22-8-2-7-21-13/h3-6,9-10H,2,7-8H2,1H3. The van der Waals surface area contributed by atoms with E-state index in [2.05, 4.69) is 4.98 Å². The van der Waals surface area contributed by atoms with Gasteiger partial charge in [-0.3, -0.25) is 4.31 Å². The number of halogens is 1. The number of rotatable bonds is 3. The van der Waals surface area contributed by atoms with Crippen molar-refractivity contribution >= 4 is 27.4 Å². The molecule has 1 aliphatic rings. The van der Waals surface area contributed by atoms with E-state index in [1.807, 2.05) is 0 Å². The van der Waals surface area contributed by atoms with E-state index in [9.17, 15) is 8.42 Å². The highest BCUT2D eigenvalue weighted by molar-refractivity contribution is 7.92. The van der Waals surface area contributed by atoms with Crippen LogP contribution in [-0.2, 0) is 10.0 Å². The van der Waals surface area contributed by atoms with Crippen molar-refractivity contribution in [3.63, 3.8) is 0 Å². The monoisotopic (exact) mass is 354 g/mol. The summed E-state index contributed by atoms with van der Waals surface area (Å²) in [6.45, 7) is 1.04. The summed E-state index contributed by atoms with van der Waals surface area (Å²) < 4.78 is 37.6. The average molecular weight is 355 g/mol. The second kappa shape index (κ2) is 6.25. The van der Waals surface area contributed by atoms with Gasteiger partial charge in [0.2, 0.25) is 0 Å². The first-order valence-electron chi connectivity index (χ1n) is 6.98. The van der Waals surface area contributed by atoms with E-state index >= 15 is 0 Å². The Labute approximate surface area is 139 Å². The lowest BCUT2D eigenvalue weighted by Crippen LogP contribution is -2.27. The molecule has 0 radical (unpaired) electrons. The molecule has 0 aliphatic carbocycles. The van der Waals surface area contributed by atoms with Crippen molar-refractivity contribution in [2.24, 2.45) is 0 Å². The van der Waals surface area contributed by atoms with Crippen LogP contribution in [-0.4, -0.2) is 33.7 Å². The highest BCUT2D eigenvalue weighted by atomic mass is 35.5. The zero-order valence-corrected chi connectivity index (χ0v) is 14.0. The van der Waals surface area contributed by atoms with Gasteiger partial charge >= 0.3 is 0 Å². The van der Waals surface area contributed by atoms with Crippen molar-refractivity contribution in [1.29, 1.82) is 0 Å². The predicted octanol–water partition coefficient (Wildman–Crippen LogP) is 2.72. The molecule has 2 aromatic rings. The van der Waals surface area contributed by atoms with Crippen molar-refractivity contribution in [3.8, 4) is 11.5 Å². The van der Waals surface area contributed by atoms with Crippen LogP contribution >= 0.6 is 11.6 Å². The third-order valence-corrected chi connectivity index (χ3v) is 5.39. The zero-order valence-electron chi connectivity index (χ0n) is 12.4. The maximum absolute atomic E-state index is 12.7. The molecule has 0 saturated heterocycles. The SMILES string of the molecule is CN(c1ccc(Cl)cn1)S(=O)(=O)c1ccc2c(c1)OCCCO2. The smallest absolute Gasteiger partial charge is 0.265 e. The van der Waals surface area contributed by atoms with Crippen LogP contribution in [0.2, 0.25) is 5.02 Å². The Morgan fingerprint density at radius 3 is 2.57 bits per heavy atom. The summed E-state index contributed by atoms with van der Waals surface area (Å²) in [5.41, 5.74) is 0. The summed E-state index contributed by atoms with van der Waals surface area (Å²) in [6, 6.07) is 7.71. The van der Waals surface area contributed by atoms with Gasteiger partial charge in [-0.25, -0.2) is 13.4 Å². The van der Waals surface area contributed by atoms with Crippen molar-refractivity contribution in [2.75, 3.05) is 24.6 Å². The van der Waals surface area contributed by atoms with Gasteiger partial charge in [-0.2, -0.15) is 0 Å². The molecule has 2 heterocycles. The molecule has 23 heavy (non-hydrogen) atoms. The molecule has 1 aliphatic heterocycles. The van der Waals surface area contributed by atoms with E-state index in [0.29, 0.717) is 29.7 Å². The van der Waals surface area contributed by atoms with Crippen molar-refractivity contribution in [2.45, 2.75) is 11.3 Å². The first kappa shape index (κ1) is 15.9. The molecule has 0 spiro atoms. The molecule has 0 amide bonds. The maximum Gasteiger partial charge on any atom is 0.265 e. The fourth-order valence-corrected chi connectivity index (χ4v) is 3.42. The number of hydrogen-bond acceptors (Lipinski definition) is 5. The van der Waals surface area contributed by atoms with E-state index in [1.54, 1.807) is 18.2 Å². The van der Waals surface area contributed by atoms with Gasteiger partial charge in [0.25, 0.3) is 10.0 Å². The molecule has 1 aromatic carbocycles. The van der Waals surface area contributed by atoms with Gasteiger partial charge in [-0.05, 0) is 24.3 Å². The molecular formula is C15H15ClN2O4S. The maximum atomic E-state index is 12.7. The average Bonchev–Trinajstić information content (AvgIpc) is 2.79. The van der Waals surface area contributed by atoms with Gasteiger partial charge in [0.15, 0.2) is 11.5 Å². The lowest BCUT2D eigenvalue weighted by molar-refractivity contribution is 0.297. The van der Waals surface area contributed by atoms with Gasteiger partial charge in [0.05, 0.1) is 23.1 Å². The third kappa shape index (κ3) is 3.20. The van der Waals surface area contributed by atoms with E-state index < -0.39 is 10.0 Å². The Balaban J connectivity index is 1.96. The summed E-state index contributed by atoms with van der Waals surface area (Å²) in [7, 11) is -2.32. The van der Waals surface area contributed by atoms with Crippen LogP contribution in [0.25, 0.3) is 0 Å². The first-order valence-corrected chi connectivity index (χ1v) is 8.80. The number of fused-ring (bicyclic) bond motifs is 1. The number of sulfonamides is 1. The van der Waals surface area contributed by atoms with E-state index in [0.717, 1.165) is 10.7 Å². The predicted molar refractivity (Wildman–Crippen MR) is 86.9 cm³/mol. The number of ether oxygens (including phenoxy) is 2. The molecule has 8 heteroatoms. The van der Waals surface area contributed by atoms with Gasteiger partial charge in [0, 0.05) is 25.7 Å². The fraction of sp³-hybridized carbons (Fsp3) is 0.267. The normalized spacial score (nSPS) is 14.2. The number of hydrogen-bond donors (Lipinski definition) is 0. The molecule has 6 nitrogen and oxygen atoms in total. The molecule has 0 fully saturated rings. The lowest BCUT2D eigenvalue weighted by atomic mass is 10.3. The summed E-state index contributed by atoms with van der Waals surface area (Å²) in [4.78, 5) is 4.14. The van der Waals surface area contributed by atoms with Gasteiger partial charge in [-0.1, -0.05) is 11.6 Å². The van der Waals surface area contributed by atoms with Crippen LogP contribution in [0, 0.1) is 0 Å². The van der Waals surface area contributed by atoms with Crippen molar-refractivity contribution in [3.05, 3.63) is 41.6 Å². The largest absolute Gasteiger partial charge is 0.490 e. The summed E-state index contributed by atoms with van der Waals surface area (Å²) in [6.07, 6.45) is 2.16. The molecule has 0 bridgehead atoms. The summed E-state index contributed by atoms with van der Waals surface area (Å²) >= 11 is 5.78. The Hall–Kier alpha value is -1.99. The minimum absolute atomic E-state index is 0.112. The summed E-state index contributed by atoms with van der Waals surface area (Å²) in [5.74, 6) is 1.26. The van der Waals surface area contributed by atoms with E-state index in [1.165, 1.54) is 25.4 Å². The molecule has 122 valence electrons. The minimum Gasteiger partial charge on any atom is -0.490 e. The number of anilines is 1. The molecular weight excluding hydrogens is 340 g/mol. The molecule has 3 rings (SSSR count). The van der Waals surface area contributed by atoms with Crippen molar-refractivity contribution in [1.82, 2.24) is 4.98 Å². The number of pyridine rings is 1. The van der Waals surface area contributed by atoms with E-state index in [4.69, 9.17) is 21.1 Å². The second-order valence-electron chi connectivity index (χ2n) is 4.97. The highest BCUT2D eigenvalue weighted by Crippen LogP contribution is 2.33. The highest BCUT2D eigenvalue weighted by Gasteiger charge is 2.24. The van der Waals surface area contributed by atoms with Crippen molar-refractivity contribution < 1.29 is 17.9 Å². The van der Waals surface area contributed by atoms with Gasteiger partial charge in [0.1, 0.15) is 5.82 Å². The van der Waals surface area contributed by atoms with Crippen LogP contribution < -0.4 is 13.8 Å². The van der Waals surface area contributed by atoms with Crippen LogP contribution in [0.5, 0.6) is 11.5 Å². The number of nitrogens with zero attached hydrogens (tertiary/aromatic N) is 2. The van der Waals surface area contributed by atoms with Gasteiger partial charge in [-0.15, -0.1) is 0 Å². The fourth-order valence-electron chi connectivity index (χ4n) is 2.14. The molecule has 0 atom stereocenters. The Bertz CT molecular complexity index is 809. The molecule has 0 N–H and O–H groups in total. The Morgan fingerprint density at radius 2 is 1.87 bits per heavy atom. The number of aromatic nitrogens is 1. The number of benzene rings is 1. The first-order chi connectivity index (χ1) is 11.0. The minimum atomic E-state index is -3.76.